The monoisotopic (exact) mass is 319 g/mol. The number of nitrogens with one attached hydrogen (secondary N) is 1. The molecule has 0 saturated heterocycles. The molecular formula is C15H14ClN3OS. The number of anilines is 1. The maximum Gasteiger partial charge on any atom is 0.225 e. The Morgan fingerprint density at radius 3 is 2.95 bits per heavy atom. The average Bonchev–Trinajstić information content (AvgIpc) is 2.93. The first kappa shape index (κ1) is 14.3. The number of hydrogen-bond donors (Lipinski definition) is 1. The third-order valence-electron chi connectivity index (χ3n) is 3.06. The van der Waals surface area contributed by atoms with Crippen LogP contribution in [0.1, 0.15) is 11.1 Å². The van der Waals surface area contributed by atoms with Crippen LogP contribution in [0.4, 0.5) is 5.82 Å². The zero-order chi connectivity index (χ0) is 14.7. The van der Waals surface area contributed by atoms with Gasteiger partial charge in [-0.2, -0.15) is 0 Å². The standard InChI is InChI=1S/C15H14ClN3OS/c1-20-9-11-4-2-3-10(7-11)8-17-13-12-5-6-21-14(12)19-15(16)18-13/h2-7H,8-9H2,1H3,(H,17,18,19). The summed E-state index contributed by atoms with van der Waals surface area (Å²) in [5, 5.41) is 6.58. The van der Waals surface area contributed by atoms with Crippen LogP contribution < -0.4 is 5.32 Å². The van der Waals surface area contributed by atoms with Gasteiger partial charge >= 0.3 is 0 Å². The van der Waals surface area contributed by atoms with E-state index >= 15 is 0 Å². The number of benzene rings is 1. The second-order valence-electron chi connectivity index (χ2n) is 4.59. The quantitative estimate of drug-likeness (QED) is 0.719. The summed E-state index contributed by atoms with van der Waals surface area (Å²) in [6, 6.07) is 10.3. The number of hydrogen-bond acceptors (Lipinski definition) is 5. The predicted octanol–water partition coefficient (Wildman–Crippen LogP) is 4.10. The Labute approximate surface area is 131 Å². The van der Waals surface area contributed by atoms with Crippen molar-refractivity contribution in [3.8, 4) is 0 Å². The Hall–Kier alpha value is -1.69. The fraction of sp³-hybridized carbons (Fsp3) is 0.200. The molecular weight excluding hydrogens is 306 g/mol. The molecule has 0 unspecified atom stereocenters. The maximum atomic E-state index is 5.96. The van der Waals surface area contributed by atoms with E-state index in [0.717, 1.165) is 21.6 Å². The molecule has 6 heteroatoms. The molecule has 108 valence electrons. The molecule has 1 N–H and O–H groups in total. The SMILES string of the molecule is COCc1cccc(CNc2nc(Cl)nc3sccc23)c1. The van der Waals surface area contributed by atoms with Gasteiger partial charge in [0.1, 0.15) is 10.6 Å². The molecule has 0 fully saturated rings. The van der Waals surface area contributed by atoms with Crippen molar-refractivity contribution in [1.82, 2.24) is 9.97 Å². The van der Waals surface area contributed by atoms with Gasteiger partial charge in [-0.05, 0) is 34.2 Å². The van der Waals surface area contributed by atoms with E-state index < -0.39 is 0 Å². The highest BCUT2D eigenvalue weighted by molar-refractivity contribution is 7.16. The van der Waals surface area contributed by atoms with Crippen LogP contribution in [0.3, 0.4) is 0 Å². The molecule has 0 saturated carbocycles. The lowest BCUT2D eigenvalue weighted by Gasteiger charge is -2.08. The number of aromatic nitrogens is 2. The molecule has 0 aliphatic heterocycles. The van der Waals surface area contributed by atoms with Crippen molar-refractivity contribution < 1.29 is 4.74 Å². The largest absolute Gasteiger partial charge is 0.380 e. The maximum absolute atomic E-state index is 5.96. The molecule has 3 rings (SSSR count). The summed E-state index contributed by atoms with van der Waals surface area (Å²) in [5.41, 5.74) is 2.32. The first-order valence-corrected chi connectivity index (χ1v) is 7.73. The zero-order valence-corrected chi connectivity index (χ0v) is 13.0. The summed E-state index contributed by atoms with van der Waals surface area (Å²) in [6.45, 7) is 1.29. The number of rotatable bonds is 5. The zero-order valence-electron chi connectivity index (χ0n) is 11.5. The molecule has 0 aliphatic rings. The van der Waals surface area contributed by atoms with Gasteiger partial charge in [-0.1, -0.05) is 24.3 Å². The third kappa shape index (κ3) is 3.32. The molecule has 0 bridgehead atoms. The first-order chi connectivity index (χ1) is 10.3. The van der Waals surface area contributed by atoms with Crippen LogP contribution in [-0.4, -0.2) is 17.1 Å². The normalized spacial score (nSPS) is 11.0. The Morgan fingerprint density at radius 2 is 2.10 bits per heavy atom. The topological polar surface area (TPSA) is 47.0 Å². The first-order valence-electron chi connectivity index (χ1n) is 6.47. The Bertz CT molecular complexity index is 760. The van der Waals surface area contributed by atoms with Crippen LogP contribution in [0.2, 0.25) is 5.28 Å². The van der Waals surface area contributed by atoms with Crippen molar-refractivity contribution in [3.05, 3.63) is 52.1 Å². The Balaban J connectivity index is 1.80. The van der Waals surface area contributed by atoms with E-state index in [2.05, 4.69) is 27.4 Å². The summed E-state index contributed by atoms with van der Waals surface area (Å²) >= 11 is 7.51. The summed E-state index contributed by atoms with van der Waals surface area (Å²) in [4.78, 5) is 9.37. The molecule has 0 spiro atoms. The highest BCUT2D eigenvalue weighted by Crippen LogP contribution is 2.26. The minimum atomic E-state index is 0.264. The molecule has 0 atom stereocenters. The van der Waals surface area contributed by atoms with E-state index in [-0.39, 0.29) is 5.28 Å². The predicted molar refractivity (Wildman–Crippen MR) is 86.9 cm³/mol. The highest BCUT2D eigenvalue weighted by atomic mass is 35.5. The summed E-state index contributed by atoms with van der Waals surface area (Å²) in [5.74, 6) is 0.767. The van der Waals surface area contributed by atoms with Gasteiger partial charge in [0.05, 0.1) is 12.0 Å². The minimum Gasteiger partial charge on any atom is -0.380 e. The van der Waals surface area contributed by atoms with Gasteiger partial charge in [0.25, 0.3) is 0 Å². The van der Waals surface area contributed by atoms with Gasteiger partial charge < -0.3 is 10.1 Å². The Morgan fingerprint density at radius 1 is 1.24 bits per heavy atom. The summed E-state index contributed by atoms with van der Waals surface area (Å²) in [6.07, 6.45) is 0. The van der Waals surface area contributed by atoms with E-state index in [1.807, 2.05) is 23.6 Å². The number of halogens is 1. The number of ether oxygens (including phenoxy) is 1. The minimum absolute atomic E-state index is 0.264. The number of methoxy groups -OCH3 is 1. The number of fused-ring (bicyclic) bond motifs is 1. The molecule has 4 nitrogen and oxygen atoms in total. The lowest BCUT2D eigenvalue weighted by molar-refractivity contribution is 0.185. The third-order valence-corrected chi connectivity index (χ3v) is 4.04. The van der Waals surface area contributed by atoms with Crippen LogP contribution in [0.25, 0.3) is 10.2 Å². The fourth-order valence-corrected chi connectivity index (χ4v) is 3.13. The van der Waals surface area contributed by atoms with E-state index in [9.17, 15) is 0 Å². The number of thiophene rings is 1. The van der Waals surface area contributed by atoms with Crippen molar-refractivity contribution in [1.29, 1.82) is 0 Å². The van der Waals surface area contributed by atoms with Crippen LogP contribution in [0, 0.1) is 0 Å². The van der Waals surface area contributed by atoms with Crippen molar-refractivity contribution in [2.75, 3.05) is 12.4 Å². The second kappa shape index (κ2) is 6.39. The number of nitrogens with zero attached hydrogens (tertiary/aromatic N) is 2. The lowest BCUT2D eigenvalue weighted by atomic mass is 10.1. The van der Waals surface area contributed by atoms with Crippen molar-refractivity contribution >= 4 is 39.0 Å². The molecule has 1 aromatic carbocycles. The van der Waals surface area contributed by atoms with Crippen LogP contribution in [-0.2, 0) is 17.9 Å². The van der Waals surface area contributed by atoms with Crippen molar-refractivity contribution in [2.45, 2.75) is 13.2 Å². The molecule has 0 radical (unpaired) electrons. The van der Waals surface area contributed by atoms with Gasteiger partial charge in [0.2, 0.25) is 5.28 Å². The van der Waals surface area contributed by atoms with Gasteiger partial charge in [-0.25, -0.2) is 9.97 Å². The van der Waals surface area contributed by atoms with Gasteiger partial charge in [-0.15, -0.1) is 11.3 Å². The molecule has 2 heterocycles. The van der Waals surface area contributed by atoms with Crippen LogP contribution in [0.15, 0.2) is 35.7 Å². The van der Waals surface area contributed by atoms with Crippen LogP contribution in [0.5, 0.6) is 0 Å². The molecule has 3 aromatic rings. The van der Waals surface area contributed by atoms with Gasteiger partial charge in [-0.3, -0.25) is 0 Å². The molecule has 0 aliphatic carbocycles. The smallest absolute Gasteiger partial charge is 0.225 e. The van der Waals surface area contributed by atoms with E-state index in [4.69, 9.17) is 16.3 Å². The lowest BCUT2D eigenvalue weighted by Crippen LogP contribution is -2.03. The summed E-state index contributed by atoms with van der Waals surface area (Å²) in [7, 11) is 1.70. The average molecular weight is 320 g/mol. The fourth-order valence-electron chi connectivity index (χ4n) is 2.15. The molecule has 2 aromatic heterocycles. The van der Waals surface area contributed by atoms with Gasteiger partial charge in [0.15, 0.2) is 0 Å². The van der Waals surface area contributed by atoms with E-state index in [0.29, 0.717) is 13.2 Å². The second-order valence-corrected chi connectivity index (χ2v) is 5.82. The van der Waals surface area contributed by atoms with Crippen LogP contribution >= 0.6 is 22.9 Å². The summed E-state index contributed by atoms with van der Waals surface area (Å²) < 4.78 is 5.15. The Kier molecular flexibility index (Phi) is 4.34. The van der Waals surface area contributed by atoms with E-state index in [1.54, 1.807) is 18.4 Å². The van der Waals surface area contributed by atoms with Crippen molar-refractivity contribution in [3.63, 3.8) is 0 Å². The highest BCUT2D eigenvalue weighted by Gasteiger charge is 2.07. The van der Waals surface area contributed by atoms with Gasteiger partial charge in [0, 0.05) is 13.7 Å². The van der Waals surface area contributed by atoms with Crippen molar-refractivity contribution in [2.24, 2.45) is 0 Å². The van der Waals surface area contributed by atoms with E-state index in [1.165, 1.54) is 5.56 Å². The molecule has 21 heavy (non-hydrogen) atoms. The molecule has 0 amide bonds.